The molecule has 0 bridgehead atoms. The predicted octanol–water partition coefficient (Wildman–Crippen LogP) is 2.97. The lowest BCUT2D eigenvalue weighted by Crippen LogP contribution is -2.48. The van der Waals surface area contributed by atoms with Crippen molar-refractivity contribution in [3.8, 4) is 0 Å². The molecule has 1 atom stereocenters. The average molecular weight is 770 g/mol. The molecule has 7 N–H and O–H groups in total. The highest BCUT2D eigenvalue weighted by atomic mass is 35.5. The molecule has 1 unspecified atom stereocenters. The fourth-order valence-electron chi connectivity index (χ4n) is 5.47. The van der Waals surface area contributed by atoms with Crippen LogP contribution in [0.3, 0.4) is 0 Å². The summed E-state index contributed by atoms with van der Waals surface area (Å²) in [4.78, 5) is 68.6. The summed E-state index contributed by atoms with van der Waals surface area (Å²) in [6, 6.07) is 6.05. The van der Waals surface area contributed by atoms with Crippen molar-refractivity contribution in [2.24, 2.45) is 33.2 Å². The van der Waals surface area contributed by atoms with Crippen LogP contribution in [0.15, 0.2) is 65.7 Å². The maximum atomic E-state index is 13.2. The number of anilines is 4. The molecule has 282 valence electrons. The largest absolute Gasteiger partial charge is 0.356 e. The van der Waals surface area contributed by atoms with Crippen LogP contribution in [0.4, 0.5) is 22.7 Å². The number of guanidine groups is 1. The van der Waals surface area contributed by atoms with Crippen molar-refractivity contribution in [3.05, 3.63) is 83.4 Å². The molecule has 0 saturated carbocycles. The van der Waals surface area contributed by atoms with Gasteiger partial charge in [0.05, 0.1) is 27.8 Å². The highest BCUT2D eigenvalue weighted by Crippen LogP contribution is 2.21. The number of aliphatic imine (C=N–C) groups is 1. The molecular formula is C34H42Cl2N12O5. The Bertz CT molecular complexity index is 2090. The summed E-state index contributed by atoms with van der Waals surface area (Å²) in [7, 11) is 6.67. The van der Waals surface area contributed by atoms with Gasteiger partial charge in [-0.25, -0.2) is 0 Å². The standard InChI is InChI=1S/C34H41ClN12O5.ClH/c1-19(39-34-36-8-7-9-37-34)14-38-30(49)25-10-22(16-44(25)3)41-32(51)27-12-24(18-46(27)5)43-33(52)28-13-23(17-47(28)6)42-31(50)26-11-21(15-45(26)4)40-29(48)20(2)35;/h10-13,15-19H,2,7-9,14H2,1,3-6H3,(H,38,49)(H,40,48)(H,41,51)(H,42,50)(H,43,52)(H2,36,37,39);1H. The summed E-state index contributed by atoms with van der Waals surface area (Å²) in [5.74, 6) is -1.55. The summed E-state index contributed by atoms with van der Waals surface area (Å²) >= 11 is 5.63. The van der Waals surface area contributed by atoms with Crippen molar-refractivity contribution in [2.45, 2.75) is 19.4 Å². The van der Waals surface area contributed by atoms with Gasteiger partial charge in [0.1, 0.15) is 22.8 Å². The minimum absolute atomic E-state index is 0. The summed E-state index contributed by atoms with van der Waals surface area (Å²) < 4.78 is 6.27. The number of aromatic nitrogens is 4. The molecule has 0 fully saturated rings. The Balaban J connectivity index is 0.00000627. The first kappa shape index (κ1) is 39.8. The van der Waals surface area contributed by atoms with Crippen LogP contribution in [0.25, 0.3) is 0 Å². The molecule has 0 saturated heterocycles. The molecule has 0 spiro atoms. The SMILES string of the molecule is C=C(Cl)C(=O)Nc1cc(C(=O)Nc2cc(C(=O)Nc3cc(C(=O)Nc4cc(C(=O)NCC(C)NC5=NCCCN5)n(C)c4)n(C)c3)n(C)c2)n(C)c1.Cl. The van der Waals surface area contributed by atoms with Crippen molar-refractivity contribution < 1.29 is 24.0 Å². The van der Waals surface area contributed by atoms with E-state index in [9.17, 15) is 24.0 Å². The van der Waals surface area contributed by atoms with Crippen LogP contribution in [-0.2, 0) is 33.0 Å². The second-order valence-corrected chi connectivity index (χ2v) is 12.8. The lowest BCUT2D eigenvalue weighted by atomic mass is 10.3. The van der Waals surface area contributed by atoms with Gasteiger partial charge in [-0.2, -0.15) is 0 Å². The van der Waals surface area contributed by atoms with Gasteiger partial charge in [-0.05, 0) is 37.6 Å². The third-order valence-corrected chi connectivity index (χ3v) is 8.25. The fraction of sp³-hybridized carbons (Fsp3) is 0.294. The number of rotatable bonds is 12. The maximum Gasteiger partial charge on any atom is 0.272 e. The topological polar surface area (TPSA) is 202 Å². The predicted molar refractivity (Wildman–Crippen MR) is 206 cm³/mol. The molecule has 0 aliphatic carbocycles. The molecule has 1 aliphatic rings. The maximum absolute atomic E-state index is 13.2. The van der Waals surface area contributed by atoms with Gasteiger partial charge >= 0.3 is 0 Å². The van der Waals surface area contributed by atoms with E-state index >= 15 is 0 Å². The monoisotopic (exact) mass is 768 g/mol. The van der Waals surface area contributed by atoms with Gasteiger partial charge in [0.15, 0.2) is 5.96 Å². The first-order chi connectivity index (χ1) is 24.7. The van der Waals surface area contributed by atoms with E-state index in [0.717, 1.165) is 25.5 Å². The average Bonchev–Trinajstić information content (AvgIpc) is 3.85. The summed E-state index contributed by atoms with van der Waals surface area (Å²) in [6.07, 6.45) is 7.35. The zero-order chi connectivity index (χ0) is 37.7. The van der Waals surface area contributed by atoms with Crippen molar-refractivity contribution in [1.29, 1.82) is 0 Å². The third-order valence-electron chi connectivity index (χ3n) is 8.08. The van der Waals surface area contributed by atoms with Crippen molar-refractivity contribution in [3.63, 3.8) is 0 Å². The van der Waals surface area contributed by atoms with Crippen LogP contribution in [-0.4, -0.2) is 79.4 Å². The molecule has 5 amide bonds. The second kappa shape index (κ2) is 17.1. The molecule has 0 aromatic carbocycles. The molecule has 53 heavy (non-hydrogen) atoms. The van der Waals surface area contributed by atoms with Crippen LogP contribution >= 0.6 is 24.0 Å². The van der Waals surface area contributed by atoms with E-state index < -0.39 is 23.6 Å². The Hall–Kier alpha value is -5.94. The number of carbonyl (C=O) groups excluding carboxylic acids is 5. The van der Waals surface area contributed by atoms with Crippen molar-refractivity contribution in [2.75, 3.05) is 40.9 Å². The summed E-state index contributed by atoms with van der Waals surface area (Å²) in [5.41, 5.74) is 2.63. The number of aryl methyl sites for hydroxylation is 4. The minimum atomic E-state index is -0.589. The van der Waals surface area contributed by atoms with Crippen LogP contribution in [0.1, 0.15) is 55.3 Å². The number of amides is 5. The summed E-state index contributed by atoms with van der Waals surface area (Å²) in [6.45, 7) is 7.31. The smallest absolute Gasteiger partial charge is 0.272 e. The Morgan fingerprint density at radius 1 is 0.736 bits per heavy atom. The molecular weight excluding hydrogens is 727 g/mol. The number of hydrogen-bond acceptors (Lipinski definition) is 8. The highest BCUT2D eigenvalue weighted by Gasteiger charge is 2.20. The molecule has 17 nitrogen and oxygen atoms in total. The van der Waals surface area contributed by atoms with E-state index in [1.165, 1.54) is 22.8 Å². The van der Waals surface area contributed by atoms with Crippen molar-refractivity contribution >= 4 is 82.3 Å². The lowest BCUT2D eigenvalue weighted by molar-refractivity contribution is -0.112. The fourth-order valence-corrected chi connectivity index (χ4v) is 5.52. The van der Waals surface area contributed by atoms with Gasteiger partial charge in [0, 0.05) is 78.7 Å². The van der Waals surface area contributed by atoms with E-state index in [4.69, 9.17) is 11.6 Å². The normalized spacial score (nSPS) is 12.7. The Labute approximate surface area is 316 Å². The zero-order valence-electron chi connectivity index (χ0n) is 29.8. The van der Waals surface area contributed by atoms with Crippen LogP contribution < -0.4 is 37.2 Å². The van der Waals surface area contributed by atoms with Crippen molar-refractivity contribution in [1.82, 2.24) is 34.2 Å². The zero-order valence-corrected chi connectivity index (χ0v) is 31.4. The molecule has 5 rings (SSSR count). The van der Waals surface area contributed by atoms with Crippen LogP contribution in [0.2, 0.25) is 0 Å². The van der Waals surface area contributed by atoms with E-state index in [-0.39, 0.29) is 46.5 Å². The first-order valence-electron chi connectivity index (χ1n) is 16.3. The molecule has 4 aromatic rings. The number of nitrogens with one attached hydrogen (secondary N) is 7. The van der Waals surface area contributed by atoms with E-state index in [1.807, 2.05) is 6.92 Å². The number of hydrogen-bond donors (Lipinski definition) is 7. The van der Waals surface area contributed by atoms with Gasteiger partial charge < -0.3 is 55.5 Å². The van der Waals surface area contributed by atoms with Gasteiger partial charge in [-0.15, -0.1) is 12.4 Å². The van der Waals surface area contributed by atoms with Crippen LogP contribution in [0.5, 0.6) is 0 Å². The quantitative estimate of drug-likeness (QED) is 0.107. The molecule has 4 aromatic heterocycles. The van der Waals surface area contributed by atoms with E-state index in [2.05, 4.69) is 48.8 Å². The highest BCUT2D eigenvalue weighted by molar-refractivity contribution is 6.43. The van der Waals surface area contributed by atoms with E-state index in [0.29, 0.717) is 35.0 Å². The van der Waals surface area contributed by atoms with Gasteiger partial charge in [-0.1, -0.05) is 18.2 Å². The van der Waals surface area contributed by atoms with Gasteiger partial charge in [0.2, 0.25) is 0 Å². The first-order valence-corrected chi connectivity index (χ1v) is 16.6. The summed E-state index contributed by atoms with van der Waals surface area (Å²) in [5, 5.41) is 20.0. The minimum Gasteiger partial charge on any atom is -0.356 e. The number of carbonyl (C=O) groups is 5. The third kappa shape index (κ3) is 9.90. The van der Waals surface area contributed by atoms with E-state index in [1.54, 1.807) is 72.7 Å². The molecule has 1 aliphatic heterocycles. The molecule has 19 heteroatoms. The lowest BCUT2D eigenvalue weighted by Gasteiger charge is -2.21. The van der Waals surface area contributed by atoms with Gasteiger partial charge in [-0.3, -0.25) is 29.0 Å². The second-order valence-electron chi connectivity index (χ2n) is 12.4. The van der Waals surface area contributed by atoms with Crippen LogP contribution in [0, 0.1) is 0 Å². The number of halogens is 2. The van der Waals surface area contributed by atoms with Gasteiger partial charge in [0.25, 0.3) is 29.5 Å². The molecule has 0 radical (unpaired) electrons. The Kier molecular flexibility index (Phi) is 12.8. The number of nitrogens with zero attached hydrogens (tertiary/aromatic N) is 5. The Morgan fingerprint density at radius 3 is 1.51 bits per heavy atom. The molecule has 5 heterocycles. The Morgan fingerprint density at radius 2 is 1.13 bits per heavy atom.